The zero-order valence-corrected chi connectivity index (χ0v) is 14.5. The minimum Gasteiger partial charge on any atom is -0.351 e. The summed E-state index contributed by atoms with van der Waals surface area (Å²) in [4.78, 5) is 15.5. The van der Waals surface area contributed by atoms with Gasteiger partial charge in [0.05, 0.1) is 0 Å². The van der Waals surface area contributed by atoms with E-state index < -0.39 is 0 Å². The molecule has 2 aromatic carbocycles. The first-order valence-corrected chi connectivity index (χ1v) is 8.65. The molecule has 6 heteroatoms. The third kappa shape index (κ3) is 2.98. The molecule has 1 amide bonds. The van der Waals surface area contributed by atoms with E-state index in [0.29, 0.717) is 13.1 Å². The SMILES string of the molecule is CC(=O)N1CCN(c2nnc(-c3ccc(F)cc3)c3ccccc23)CC1. The highest BCUT2D eigenvalue weighted by Gasteiger charge is 2.22. The van der Waals surface area contributed by atoms with E-state index in [1.54, 1.807) is 19.1 Å². The molecule has 1 fully saturated rings. The molecule has 0 atom stereocenters. The van der Waals surface area contributed by atoms with Crippen LogP contribution >= 0.6 is 0 Å². The predicted molar refractivity (Wildman–Crippen MR) is 99.4 cm³/mol. The fourth-order valence-corrected chi connectivity index (χ4v) is 3.38. The third-order valence-corrected chi connectivity index (χ3v) is 4.81. The number of halogens is 1. The molecule has 0 unspecified atom stereocenters. The summed E-state index contributed by atoms with van der Waals surface area (Å²) in [7, 11) is 0. The van der Waals surface area contributed by atoms with E-state index in [9.17, 15) is 9.18 Å². The van der Waals surface area contributed by atoms with Crippen molar-refractivity contribution in [2.24, 2.45) is 0 Å². The van der Waals surface area contributed by atoms with E-state index in [0.717, 1.165) is 40.9 Å². The molecule has 132 valence electrons. The number of anilines is 1. The largest absolute Gasteiger partial charge is 0.351 e. The maximum Gasteiger partial charge on any atom is 0.219 e. The van der Waals surface area contributed by atoms with Crippen LogP contribution < -0.4 is 4.90 Å². The average molecular weight is 350 g/mol. The van der Waals surface area contributed by atoms with Crippen LogP contribution in [0.15, 0.2) is 48.5 Å². The van der Waals surface area contributed by atoms with E-state index in [2.05, 4.69) is 15.1 Å². The van der Waals surface area contributed by atoms with Gasteiger partial charge in [0, 0.05) is 49.4 Å². The first-order valence-electron chi connectivity index (χ1n) is 8.65. The minimum atomic E-state index is -0.272. The highest BCUT2D eigenvalue weighted by Crippen LogP contribution is 2.31. The summed E-state index contributed by atoms with van der Waals surface area (Å²) in [6.07, 6.45) is 0. The first kappa shape index (κ1) is 16.4. The van der Waals surface area contributed by atoms with Gasteiger partial charge in [0.1, 0.15) is 11.5 Å². The molecule has 5 nitrogen and oxygen atoms in total. The summed E-state index contributed by atoms with van der Waals surface area (Å²) in [6, 6.07) is 14.3. The van der Waals surface area contributed by atoms with Crippen molar-refractivity contribution in [2.75, 3.05) is 31.1 Å². The molecule has 0 radical (unpaired) electrons. The van der Waals surface area contributed by atoms with Crippen molar-refractivity contribution in [2.45, 2.75) is 6.92 Å². The molecular formula is C20H19FN4O. The Kier molecular flexibility index (Phi) is 4.24. The number of nitrogens with zero attached hydrogens (tertiary/aromatic N) is 4. The number of aromatic nitrogens is 2. The lowest BCUT2D eigenvalue weighted by atomic mass is 10.0. The van der Waals surface area contributed by atoms with E-state index in [-0.39, 0.29) is 11.7 Å². The van der Waals surface area contributed by atoms with Crippen LogP contribution in [0.4, 0.5) is 10.2 Å². The molecule has 0 N–H and O–H groups in total. The monoisotopic (exact) mass is 350 g/mol. The van der Waals surface area contributed by atoms with Crippen LogP contribution in [0.25, 0.3) is 22.0 Å². The Morgan fingerprint density at radius 1 is 0.923 bits per heavy atom. The van der Waals surface area contributed by atoms with Gasteiger partial charge >= 0.3 is 0 Å². The quantitative estimate of drug-likeness (QED) is 0.713. The maximum atomic E-state index is 13.2. The molecule has 0 spiro atoms. The van der Waals surface area contributed by atoms with Gasteiger partial charge in [0.15, 0.2) is 5.82 Å². The number of piperazine rings is 1. The highest BCUT2D eigenvalue weighted by molar-refractivity contribution is 6.00. The Balaban J connectivity index is 1.73. The first-order chi connectivity index (χ1) is 12.6. The number of hydrogen-bond donors (Lipinski definition) is 0. The van der Waals surface area contributed by atoms with Gasteiger partial charge in [-0.05, 0) is 24.3 Å². The Labute approximate surface area is 151 Å². The maximum absolute atomic E-state index is 13.2. The van der Waals surface area contributed by atoms with Crippen molar-refractivity contribution >= 4 is 22.5 Å². The summed E-state index contributed by atoms with van der Waals surface area (Å²) in [5.41, 5.74) is 1.58. The van der Waals surface area contributed by atoms with Crippen LogP contribution in [0, 0.1) is 5.82 Å². The third-order valence-electron chi connectivity index (χ3n) is 4.81. The molecule has 0 bridgehead atoms. The number of carbonyl (C=O) groups is 1. The highest BCUT2D eigenvalue weighted by atomic mass is 19.1. The summed E-state index contributed by atoms with van der Waals surface area (Å²) in [6.45, 7) is 4.43. The van der Waals surface area contributed by atoms with Crippen LogP contribution in [0.2, 0.25) is 0 Å². The molecule has 0 aliphatic carbocycles. The van der Waals surface area contributed by atoms with Crippen LogP contribution in [0.3, 0.4) is 0 Å². The summed E-state index contributed by atoms with van der Waals surface area (Å²) >= 11 is 0. The number of benzene rings is 2. The van der Waals surface area contributed by atoms with Crippen molar-refractivity contribution in [3.63, 3.8) is 0 Å². The molecule has 3 aromatic rings. The van der Waals surface area contributed by atoms with E-state index in [1.807, 2.05) is 29.2 Å². The van der Waals surface area contributed by atoms with Crippen molar-refractivity contribution in [3.8, 4) is 11.3 Å². The summed E-state index contributed by atoms with van der Waals surface area (Å²) < 4.78 is 13.2. The number of hydrogen-bond acceptors (Lipinski definition) is 4. The fraction of sp³-hybridized carbons (Fsp3) is 0.250. The van der Waals surface area contributed by atoms with Gasteiger partial charge in [-0.3, -0.25) is 4.79 Å². The van der Waals surface area contributed by atoms with E-state index in [1.165, 1.54) is 12.1 Å². The summed E-state index contributed by atoms with van der Waals surface area (Å²) in [5, 5.41) is 10.9. The van der Waals surface area contributed by atoms with Gasteiger partial charge in [-0.15, -0.1) is 10.2 Å². The van der Waals surface area contributed by atoms with Gasteiger partial charge in [0.2, 0.25) is 5.91 Å². The second kappa shape index (κ2) is 6.71. The summed E-state index contributed by atoms with van der Waals surface area (Å²) in [5.74, 6) is 0.660. The second-order valence-electron chi connectivity index (χ2n) is 6.42. The number of amides is 1. The molecule has 1 saturated heterocycles. The van der Waals surface area contributed by atoms with E-state index >= 15 is 0 Å². The molecule has 2 heterocycles. The Morgan fingerprint density at radius 2 is 1.58 bits per heavy atom. The lowest BCUT2D eigenvalue weighted by Gasteiger charge is -2.35. The van der Waals surface area contributed by atoms with Crippen molar-refractivity contribution in [3.05, 3.63) is 54.3 Å². The lowest BCUT2D eigenvalue weighted by molar-refractivity contribution is -0.129. The van der Waals surface area contributed by atoms with Gasteiger partial charge in [-0.1, -0.05) is 24.3 Å². The Hall–Kier alpha value is -3.02. The standard InChI is InChI=1S/C20H19FN4O/c1-14(26)24-10-12-25(13-11-24)20-18-5-3-2-4-17(18)19(22-23-20)15-6-8-16(21)9-7-15/h2-9H,10-13H2,1H3. The van der Waals surface area contributed by atoms with Crippen molar-refractivity contribution in [1.82, 2.24) is 15.1 Å². The van der Waals surface area contributed by atoms with Crippen LogP contribution in [0.5, 0.6) is 0 Å². The minimum absolute atomic E-state index is 0.104. The van der Waals surface area contributed by atoms with Gasteiger partial charge in [-0.25, -0.2) is 4.39 Å². The number of carbonyl (C=O) groups excluding carboxylic acids is 1. The molecule has 1 aliphatic rings. The van der Waals surface area contributed by atoms with Gasteiger partial charge < -0.3 is 9.80 Å². The molecule has 1 aliphatic heterocycles. The van der Waals surface area contributed by atoms with Crippen LogP contribution in [0.1, 0.15) is 6.92 Å². The topological polar surface area (TPSA) is 49.3 Å². The van der Waals surface area contributed by atoms with Crippen LogP contribution in [-0.4, -0.2) is 47.2 Å². The predicted octanol–water partition coefficient (Wildman–Crippen LogP) is 3.10. The molecule has 26 heavy (non-hydrogen) atoms. The zero-order valence-electron chi connectivity index (χ0n) is 14.5. The van der Waals surface area contributed by atoms with Gasteiger partial charge in [0.25, 0.3) is 0 Å². The second-order valence-corrected chi connectivity index (χ2v) is 6.42. The fourth-order valence-electron chi connectivity index (χ4n) is 3.38. The molecule has 0 saturated carbocycles. The van der Waals surface area contributed by atoms with E-state index in [4.69, 9.17) is 0 Å². The average Bonchev–Trinajstić information content (AvgIpc) is 2.68. The Bertz CT molecular complexity index is 950. The normalized spacial score (nSPS) is 14.7. The van der Waals surface area contributed by atoms with Crippen molar-refractivity contribution in [1.29, 1.82) is 0 Å². The number of rotatable bonds is 2. The molecule has 4 rings (SSSR count). The lowest BCUT2D eigenvalue weighted by Crippen LogP contribution is -2.48. The van der Waals surface area contributed by atoms with Crippen LogP contribution in [-0.2, 0) is 4.79 Å². The molecular weight excluding hydrogens is 331 g/mol. The van der Waals surface area contributed by atoms with Gasteiger partial charge in [-0.2, -0.15) is 0 Å². The smallest absolute Gasteiger partial charge is 0.219 e. The van der Waals surface area contributed by atoms with Crippen molar-refractivity contribution < 1.29 is 9.18 Å². The zero-order chi connectivity index (χ0) is 18.1. The number of fused-ring (bicyclic) bond motifs is 1. The Morgan fingerprint density at radius 3 is 2.23 bits per heavy atom. The molecule has 1 aromatic heterocycles.